The van der Waals surface area contributed by atoms with Crippen LogP contribution in [0.15, 0.2) is 61.4 Å². The van der Waals surface area contributed by atoms with E-state index >= 15 is 0 Å². The number of hydrogen-bond acceptors (Lipinski definition) is 6. The van der Waals surface area contributed by atoms with Gasteiger partial charge in [-0.15, -0.1) is 11.3 Å². The van der Waals surface area contributed by atoms with Crippen LogP contribution >= 0.6 is 11.3 Å². The number of carbonyl (C=O) groups excluding carboxylic acids is 2. The molecule has 0 radical (unpaired) electrons. The summed E-state index contributed by atoms with van der Waals surface area (Å²) in [6, 6.07) is 11.7. The Hall–Kier alpha value is -3.85. The van der Waals surface area contributed by atoms with Gasteiger partial charge in [0.1, 0.15) is 5.82 Å². The summed E-state index contributed by atoms with van der Waals surface area (Å²) in [5.41, 5.74) is 2.68. The van der Waals surface area contributed by atoms with E-state index in [4.69, 9.17) is 4.98 Å². The van der Waals surface area contributed by atoms with E-state index in [1.54, 1.807) is 12.4 Å². The van der Waals surface area contributed by atoms with Crippen LogP contribution in [-0.2, 0) is 4.79 Å². The lowest BCUT2D eigenvalue weighted by molar-refractivity contribution is -0.125. The van der Waals surface area contributed by atoms with E-state index in [0.29, 0.717) is 29.7 Å². The third-order valence-corrected chi connectivity index (χ3v) is 7.40. The molecule has 1 atom stereocenters. The normalized spacial score (nSPS) is 16.1. The van der Waals surface area contributed by atoms with Crippen LogP contribution in [0.2, 0.25) is 0 Å². The van der Waals surface area contributed by atoms with Crippen molar-refractivity contribution in [1.82, 2.24) is 24.4 Å². The van der Waals surface area contributed by atoms with Crippen LogP contribution in [0.25, 0.3) is 21.5 Å². The molecule has 1 aliphatic rings. The van der Waals surface area contributed by atoms with Crippen molar-refractivity contribution in [2.45, 2.75) is 32.2 Å². The van der Waals surface area contributed by atoms with Crippen LogP contribution in [0.4, 0.5) is 5.95 Å². The van der Waals surface area contributed by atoms with Crippen LogP contribution in [0.3, 0.4) is 0 Å². The third-order valence-electron chi connectivity index (χ3n) is 6.27. The van der Waals surface area contributed by atoms with E-state index in [2.05, 4.69) is 26.4 Å². The number of likely N-dealkylation sites (tertiary alicyclic amines) is 1. The van der Waals surface area contributed by atoms with Crippen molar-refractivity contribution < 1.29 is 9.59 Å². The fourth-order valence-electron chi connectivity index (χ4n) is 4.49. The van der Waals surface area contributed by atoms with E-state index in [9.17, 15) is 9.59 Å². The third kappa shape index (κ3) is 4.72. The van der Waals surface area contributed by atoms with Gasteiger partial charge in [-0.3, -0.25) is 14.9 Å². The topological polar surface area (TPSA) is 93.0 Å². The molecule has 0 aliphatic carbocycles. The number of rotatable bonds is 5. The van der Waals surface area contributed by atoms with Crippen LogP contribution < -0.4 is 5.32 Å². The lowest BCUT2D eigenvalue weighted by Gasteiger charge is -2.21. The van der Waals surface area contributed by atoms with Gasteiger partial charge in [-0.1, -0.05) is 18.7 Å². The van der Waals surface area contributed by atoms with Crippen molar-refractivity contribution in [1.29, 1.82) is 0 Å². The van der Waals surface area contributed by atoms with Crippen LogP contribution in [-0.4, -0.2) is 49.3 Å². The maximum atomic E-state index is 13.2. The van der Waals surface area contributed by atoms with Gasteiger partial charge in [-0.05, 0) is 56.5 Å². The van der Waals surface area contributed by atoms with Crippen LogP contribution in [0.1, 0.15) is 40.8 Å². The zero-order valence-electron chi connectivity index (χ0n) is 19.5. The Bertz CT molecular complexity index is 1390. The lowest BCUT2D eigenvalue weighted by Crippen LogP contribution is -2.30. The second-order valence-corrected chi connectivity index (χ2v) is 9.63. The van der Waals surface area contributed by atoms with Gasteiger partial charge in [0.25, 0.3) is 5.91 Å². The maximum Gasteiger partial charge on any atom is 0.268 e. The Balaban J connectivity index is 1.41. The number of aryl methyl sites for hydroxylation is 1. The Morgan fingerprint density at radius 2 is 1.91 bits per heavy atom. The molecule has 3 aromatic heterocycles. The molecule has 2 amide bonds. The number of nitrogens with one attached hydrogen (secondary N) is 1. The Kier molecular flexibility index (Phi) is 6.41. The highest BCUT2D eigenvalue weighted by atomic mass is 32.1. The van der Waals surface area contributed by atoms with E-state index in [1.807, 2.05) is 48.2 Å². The SMILES string of the molecule is C=CC(=O)N1CCC[C@@H](n2c(NC(=O)c3ccc(-c4cnc(C)nc4)s3)nc3ccccc32)CC1. The first kappa shape index (κ1) is 22.9. The van der Waals surface area contributed by atoms with E-state index in [1.165, 1.54) is 17.4 Å². The summed E-state index contributed by atoms with van der Waals surface area (Å²) in [6.07, 6.45) is 7.44. The maximum absolute atomic E-state index is 13.2. The van der Waals surface area contributed by atoms with Crippen molar-refractivity contribution in [2.24, 2.45) is 0 Å². The lowest BCUT2D eigenvalue weighted by atomic mass is 10.1. The monoisotopic (exact) mass is 486 g/mol. The van der Waals surface area contributed by atoms with Gasteiger partial charge in [0.05, 0.1) is 15.9 Å². The highest BCUT2D eigenvalue weighted by Gasteiger charge is 2.25. The minimum Gasteiger partial charge on any atom is -0.339 e. The van der Waals surface area contributed by atoms with Crippen molar-refractivity contribution >= 4 is 40.1 Å². The highest BCUT2D eigenvalue weighted by molar-refractivity contribution is 7.17. The quantitative estimate of drug-likeness (QED) is 0.407. The number of anilines is 1. The summed E-state index contributed by atoms with van der Waals surface area (Å²) in [6.45, 7) is 6.80. The van der Waals surface area contributed by atoms with Crippen molar-refractivity contribution in [3.8, 4) is 10.4 Å². The highest BCUT2D eigenvalue weighted by Crippen LogP contribution is 2.32. The van der Waals surface area contributed by atoms with Gasteiger partial charge in [0.15, 0.2) is 0 Å². The molecule has 4 aromatic rings. The number of hydrogen-bond donors (Lipinski definition) is 1. The summed E-state index contributed by atoms with van der Waals surface area (Å²) < 4.78 is 2.12. The molecule has 8 nitrogen and oxygen atoms in total. The zero-order valence-corrected chi connectivity index (χ0v) is 20.3. The molecule has 0 bridgehead atoms. The summed E-state index contributed by atoms with van der Waals surface area (Å²) >= 11 is 1.39. The van der Waals surface area contributed by atoms with Crippen LogP contribution in [0.5, 0.6) is 0 Å². The van der Waals surface area contributed by atoms with Gasteiger partial charge < -0.3 is 9.47 Å². The van der Waals surface area contributed by atoms with Crippen molar-refractivity contribution in [3.63, 3.8) is 0 Å². The number of para-hydroxylation sites is 2. The predicted octanol–water partition coefficient (Wildman–Crippen LogP) is 4.86. The van der Waals surface area contributed by atoms with Gasteiger partial charge in [0, 0.05) is 42.0 Å². The standard InChI is InChI=1S/C26H26N6O2S/c1-3-24(33)31-13-6-7-19(12-14-31)32-21-9-5-4-8-20(21)29-26(32)30-25(34)23-11-10-22(35-23)18-15-27-17(2)28-16-18/h3-5,8-11,15-16,19H,1,6-7,12-14H2,2H3,(H,29,30,34)/t19-/m1/s1. The average molecular weight is 487 g/mol. The van der Waals surface area contributed by atoms with Gasteiger partial charge in [-0.25, -0.2) is 15.0 Å². The summed E-state index contributed by atoms with van der Waals surface area (Å²) in [7, 11) is 0. The van der Waals surface area contributed by atoms with Gasteiger partial charge in [-0.2, -0.15) is 0 Å². The molecule has 35 heavy (non-hydrogen) atoms. The Morgan fingerprint density at radius 3 is 2.71 bits per heavy atom. The predicted molar refractivity (Wildman–Crippen MR) is 137 cm³/mol. The molecule has 1 saturated heterocycles. The van der Waals surface area contributed by atoms with Gasteiger partial charge >= 0.3 is 0 Å². The Morgan fingerprint density at radius 1 is 1.11 bits per heavy atom. The zero-order chi connectivity index (χ0) is 24.4. The van der Waals surface area contributed by atoms with E-state index in [-0.39, 0.29) is 17.9 Å². The van der Waals surface area contributed by atoms with E-state index < -0.39 is 0 Å². The first-order chi connectivity index (χ1) is 17.0. The molecule has 1 aliphatic heterocycles. The number of benzene rings is 1. The molecule has 4 heterocycles. The van der Waals surface area contributed by atoms with Crippen molar-refractivity contribution in [3.05, 3.63) is 72.1 Å². The summed E-state index contributed by atoms with van der Waals surface area (Å²) in [5, 5.41) is 3.05. The summed E-state index contributed by atoms with van der Waals surface area (Å²) in [4.78, 5) is 42.0. The fourth-order valence-corrected chi connectivity index (χ4v) is 5.36. The average Bonchev–Trinajstić information content (AvgIpc) is 3.42. The molecular formula is C26H26N6O2S. The molecule has 0 spiro atoms. The molecule has 178 valence electrons. The van der Waals surface area contributed by atoms with Crippen LogP contribution in [0, 0.1) is 6.92 Å². The number of fused-ring (bicyclic) bond motifs is 1. The second-order valence-electron chi connectivity index (χ2n) is 8.55. The smallest absolute Gasteiger partial charge is 0.268 e. The second kappa shape index (κ2) is 9.79. The molecule has 0 unspecified atom stereocenters. The Labute approximate surface area is 207 Å². The molecule has 0 saturated carbocycles. The first-order valence-electron chi connectivity index (χ1n) is 11.6. The number of carbonyl (C=O) groups is 2. The number of imidazole rings is 1. The number of nitrogens with zero attached hydrogens (tertiary/aromatic N) is 5. The largest absolute Gasteiger partial charge is 0.339 e. The molecule has 1 aromatic carbocycles. The molecular weight excluding hydrogens is 460 g/mol. The fraction of sp³-hybridized carbons (Fsp3) is 0.269. The first-order valence-corrected chi connectivity index (χ1v) is 12.4. The minimum absolute atomic E-state index is 0.0397. The molecule has 9 heteroatoms. The van der Waals surface area contributed by atoms with Crippen molar-refractivity contribution in [2.75, 3.05) is 18.4 Å². The molecule has 5 rings (SSSR count). The number of thiophene rings is 1. The van der Waals surface area contributed by atoms with Gasteiger partial charge in [0.2, 0.25) is 11.9 Å². The number of amides is 2. The minimum atomic E-state index is -0.206. The molecule has 1 fully saturated rings. The number of aromatic nitrogens is 4. The summed E-state index contributed by atoms with van der Waals surface area (Å²) in [5.74, 6) is 0.987. The van der Waals surface area contributed by atoms with E-state index in [0.717, 1.165) is 40.7 Å². The molecule has 1 N–H and O–H groups in total.